The van der Waals surface area contributed by atoms with Crippen molar-refractivity contribution in [3.8, 4) is 5.75 Å². The largest absolute Gasteiger partial charge is 0.494 e. The molecule has 1 fully saturated rings. The van der Waals surface area contributed by atoms with Crippen LogP contribution in [0.3, 0.4) is 0 Å². The zero-order chi connectivity index (χ0) is 21.9. The minimum absolute atomic E-state index is 0.0717. The molecule has 6 nitrogen and oxygen atoms in total. The molecule has 1 aliphatic heterocycles. The molecule has 166 valence electrons. The molecule has 0 saturated carbocycles. The topological polar surface area (TPSA) is 70.7 Å². The van der Waals surface area contributed by atoms with Gasteiger partial charge in [-0.25, -0.2) is 0 Å². The molecule has 0 bridgehead atoms. The van der Waals surface area contributed by atoms with Crippen LogP contribution in [0, 0.1) is 0 Å². The monoisotopic (exact) mass is 423 g/mol. The van der Waals surface area contributed by atoms with Gasteiger partial charge in [0.1, 0.15) is 5.75 Å². The zero-order valence-corrected chi connectivity index (χ0v) is 18.4. The van der Waals surface area contributed by atoms with Crippen LogP contribution in [0.1, 0.15) is 55.8 Å². The second-order valence-electron chi connectivity index (χ2n) is 7.92. The van der Waals surface area contributed by atoms with E-state index in [1.807, 2.05) is 29.2 Å². The summed E-state index contributed by atoms with van der Waals surface area (Å²) in [5.41, 5.74) is 2.18. The number of nitrogens with zero attached hydrogens (tertiary/aromatic N) is 1. The van der Waals surface area contributed by atoms with E-state index in [0.717, 1.165) is 50.2 Å². The van der Waals surface area contributed by atoms with Crippen LogP contribution in [0.4, 0.5) is 11.4 Å². The smallest absolute Gasteiger partial charge is 0.253 e. The van der Waals surface area contributed by atoms with Crippen molar-refractivity contribution >= 4 is 23.2 Å². The molecule has 2 N–H and O–H groups in total. The van der Waals surface area contributed by atoms with Gasteiger partial charge < -0.3 is 20.3 Å². The third kappa shape index (κ3) is 7.31. The van der Waals surface area contributed by atoms with Crippen LogP contribution in [0.2, 0.25) is 0 Å². The van der Waals surface area contributed by atoms with Crippen LogP contribution >= 0.6 is 0 Å². The Bertz CT molecular complexity index is 843. The summed E-state index contributed by atoms with van der Waals surface area (Å²) >= 11 is 0. The lowest BCUT2D eigenvalue weighted by Crippen LogP contribution is -2.31. The Kier molecular flexibility index (Phi) is 8.76. The number of anilines is 2. The first-order valence-electron chi connectivity index (χ1n) is 11.3. The summed E-state index contributed by atoms with van der Waals surface area (Å²) in [6.07, 6.45) is 6.63. The molecule has 3 rings (SSSR count). The van der Waals surface area contributed by atoms with Crippen LogP contribution in [-0.2, 0) is 4.79 Å². The summed E-state index contributed by atoms with van der Waals surface area (Å²) < 4.78 is 5.70. The number of ether oxygens (including phenoxy) is 1. The van der Waals surface area contributed by atoms with Gasteiger partial charge in [0.25, 0.3) is 5.91 Å². The lowest BCUT2D eigenvalue weighted by molar-refractivity contribution is -0.114. The molecule has 1 aliphatic rings. The highest BCUT2D eigenvalue weighted by Gasteiger charge is 2.17. The quantitative estimate of drug-likeness (QED) is 0.561. The molecule has 1 heterocycles. The van der Waals surface area contributed by atoms with Gasteiger partial charge in [-0.2, -0.15) is 0 Å². The number of carbonyl (C=O) groups excluding carboxylic acids is 2. The molecule has 31 heavy (non-hydrogen) atoms. The highest BCUT2D eigenvalue weighted by molar-refractivity contribution is 5.96. The van der Waals surface area contributed by atoms with E-state index >= 15 is 0 Å². The number of unbranched alkanes of at least 4 members (excludes halogenated alkanes) is 1. The second kappa shape index (κ2) is 12.0. The van der Waals surface area contributed by atoms with Gasteiger partial charge in [0.2, 0.25) is 5.91 Å². The standard InChI is InChI=1S/C25H33N3O3/c1-2-3-17-31-23-10-8-9-22(18-23)26-19-24(29)27-21-13-11-20(12-14-21)25(30)28-15-6-4-5-7-16-28/h8-14,18,26H,2-7,15-17,19H2,1H3,(H,27,29). The molecule has 6 heteroatoms. The number of likely N-dealkylation sites (tertiary alicyclic amines) is 1. The van der Waals surface area contributed by atoms with Crippen LogP contribution < -0.4 is 15.4 Å². The van der Waals surface area contributed by atoms with E-state index in [0.29, 0.717) is 17.9 Å². The first-order chi connectivity index (χ1) is 15.2. The van der Waals surface area contributed by atoms with E-state index in [-0.39, 0.29) is 18.4 Å². The molecular weight excluding hydrogens is 390 g/mol. The van der Waals surface area contributed by atoms with Crippen molar-refractivity contribution in [3.63, 3.8) is 0 Å². The van der Waals surface area contributed by atoms with Crippen molar-refractivity contribution in [2.75, 3.05) is 36.9 Å². The van der Waals surface area contributed by atoms with Crippen LogP contribution in [0.15, 0.2) is 48.5 Å². The van der Waals surface area contributed by atoms with Gasteiger partial charge in [-0.1, -0.05) is 32.3 Å². The van der Waals surface area contributed by atoms with Gasteiger partial charge in [0.05, 0.1) is 13.2 Å². The van der Waals surface area contributed by atoms with Crippen LogP contribution in [-0.4, -0.2) is 43.0 Å². The molecule has 2 aromatic rings. The molecule has 0 unspecified atom stereocenters. The van der Waals surface area contributed by atoms with Crippen LogP contribution in [0.25, 0.3) is 0 Å². The number of nitrogens with one attached hydrogen (secondary N) is 2. The average molecular weight is 424 g/mol. The number of hydrogen-bond donors (Lipinski definition) is 2. The number of hydrogen-bond acceptors (Lipinski definition) is 4. The van der Waals surface area contributed by atoms with E-state index in [4.69, 9.17) is 4.74 Å². The minimum atomic E-state index is -0.149. The molecule has 1 saturated heterocycles. The molecule has 2 aromatic carbocycles. The Labute approximate surface area is 185 Å². The predicted octanol–water partition coefficient (Wildman–Crippen LogP) is 4.93. The van der Waals surface area contributed by atoms with E-state index in [9.17, 15) is 9.59 Å². The summed E-state index contributed by atoms with van der Waals surface area (Å²) in [5.74, 6) is 0.718. The fraction of sp³-hybridized carbons (Fsp3) is 0.440. The summed E-state index contributed by atoms with van der Waals surface area (Å²) in [4.78, 5) is 26.9. The second-order valence-corrected chi connectivity index (χ2v) is 7.92. The van der Waals surface area contributed by atoms with Gasteiger partial charge in [-0.3, -0.25) is 9.59 Å². The maximum Gasteiger partial charge on any atom is 0.253 e. The predicted molar refractivity (Wildman–Crippen MR) is 125 cm³/mol. The van der Waals surface area contributed by atoms with Crippen molar-refractivity contribution in [3.05, 3.63) is 54.1 Å². The zero-order valence-electron chi connectivity index (χ0n) is 18.4. The maximum absolute atomic E-state index is 12.7. The molecule has 2 amide bonds. The van der Waals surface area contributed by atoms with Crippen molar-refractivity contribution in [2.45, 2.75) is 45.4 Å². The van der Waals surface area contributed by atoms with Gasteiger partial charge in [-0.05, 0) is 55.7 Å². The third-order valence-corrected chi connectivity index (χ3v) is 5.36. The SMILES string of the molecule is CCCCOc1cccc(NCC(=O)Nc2ccc(C(=O)N3CCCCCC3)cc2)c1. The molecule has 0 radical (unpaired) electrons. The van der Waals surface area contributed by atoms with E-state index in [2.05, 4.69) is 17.6 Å². The minimum Gasteiger partial charge on any atom is -0.494 e. The normalized spacial score (nSPS) is 13.9. The summed E-state index contributed by atoms with van der Waals surface area (Å²) in [5, 5.41) is 5.99. The Morgan fingerprint density at radius 3 is 2.42 bits per heavy atom. The lowest BCUT2D eigenvalue weighted by atomic mass is 10.1. The Hall–Kier alpha value is -3.02. The number of rotatable bonds is 9. The summed E-state index contributed by atoms with van der Waals surface area (Å²) in [7, 11) is 0. The summed E-state index contributed by atoms with van der Waals surface area (Å²) in [6, 6.07) is 14.8. The third-order valence-electron chi connectivity index (χ3n) is 5.36. The molecule has 0 spiro atoms. The fourth-order valence-corrected chi connectivity index (χ4v) is 3.57. The molecular formula is C25H33N3O3. The first-order valence-corrected chi connectivity index (χ1v) is 11.3. The number of benzene rings is 2. The Balaban J connectivity index is 1.47. The van der Waals surface area contributed by atoms with Gasteiger partial charge in [0.15, 0.2) is 0 Å². The Morgan fingerprint density at radius 2 is 1.71 bits per heavy atom. The van der Waals surface area contributed by atoms with E-state index in [1.165, 1.54) is 12.8 Å². The first kappa shape index (κ1) is 22.7. The van der Waals surface area contributed by atoms with E-state index < -0.39 is 0 Å². The van der Waals surface area contributed by atoms with Gasteiger partial charge in [-0.15, -0.1) is 0 Å². The van der Waals surface area contributed by atoms with Crippen LogP contribution in [0.5, 0.6) is 5.75 Å². The Morgan fingerprint density at radius 1 is 0.968 bits per heavy atom. The van der Waals surface area contributed by atoms with E-state index in [1.54, 1.807) is 24.3 Å². The maximum atomic E-state index is 12.7. The highest BCUT2D eigenvalue weighted by atomic mass is 16.5. The fourth-order valence-electron chi connectivity index (χ4n) is 3.57. The van der Waals surface area contributed by atoms with Crippen molar-refractivity contribution in [1.29, 1.82) is 0 Å². The number of amides is 2. The summed E-state index contributed by atoms with van der Waals surface area (Å²) in [6.45, 7) is 4.62. The lowest BCUT2D eigenvalue weighted by Gasteiger charge is -2.20. The van der Waals surface area contributed by atoms with Gasteiger partial charge in [0, 0.05) is 36.1 Å². The molecule has 0 atom stereocenters. The van der Waals surface area contributed by atoms with Crippen molar-refractivity contribution in [1.82, 2.24) is 4.90 Å². The number of carbonyl (C=O) groups is 2. The molecule has 0 aliphatic carbocycles. The highest BCUT2D eigenvalue weighted by Crippen LogP contribution is 2.18. The average Bonchev–Trinajstić information content (AvgIpc) is 3.08. The molecule has 0 aromatic heterocycles. The van der Waals surface area contributed by atoms with Gasteiger partial charge >= 0.3 is 0 Å². The van der Waals surface area contributed by atoms with Crippen molar-refractivity contribution in [2.24, 2.45) is 0 Å². The van der Waals surface area contributed by atoms with Crippen molar-refractivity contribution < 1.29 is 14.3 Å².